The normalized spacial score (nSPS) is 19.4. The molecule has 0 saturated carbocycles. The van der Waals surface area contributed by atoms with Gasteiger partial charge in [0.15, 0.2) is 5.82 Å². The summed E-state index contributed by atoms with van der Waals surface area (Å²) in [5, 5.41) is 7.00. The van der Waals surface area contributed by atoms with Crippen LogP contribution in [0.5, 0.6) is 0 Å². The number of fused-ring (bicyclic) bond motifs is 1. The first-order chi connectivity index (χ1) is 12.8. The predicted molar refractivity (Wildman–Crippen MR) is 95.6 cm³/mol. The van der Waals surface area contributed by atoms with Gasteiger partial charge < -0.3 is 14.3 Å². The van der Waals surface area contributed by atoms with Gasteiger partial charge in [-0.1, -0.05) is 12.4 Å². The third-order valence-electron chi connectivity index (χ3n) is 5.13. The average molecular weight is 596 g/mol. The van der Waals surface area contributed by atoms with E-state index in [-0.39, 0.29) is 0 Å². The molecular formula is C18H17CfN8-. The molecule has 1 aliphatic rings. The molecule has 5 rings (SSSR count). The van der Waals surface area contributed by atoms with Crippen LogP contribution >= 0.6 is 0 Å². The Balaban J connectivity index is 0.00000180. The zero-order valence-electron chi connectivity index (χ0n) is 14.6. The van der Waals surface area contributed by atoms with E-state index in [1.807, 2.05) is 22.9 Å². The fourth-order valence-electron chi connectivity index (χ4n) is 3.76. The molecule has 0 radical (unpaired) electrons. The summed E-state index contributed by atoms with van der Waals surface area (Å²) in [7, 11) is 0. The zero-order chi connectivity index (χ0) is 17.5. The molecular weight excluding hydrogens is 579 g/mol. The monoisotopic (exact) mass is 594 g/mol. The van der Waals surface area contributed by atoms with Gasteiger partial charge >= 0.3 is 0 Å². The van der Waals surface area contributed by atoms with E-state index >= 15 is 0 Å². The number of imidazole rings is 1. The molecule has 4 aromatic heterocycles. The van der Waals surface area contributed by atoms with E-state index in [4.69, 9.17) is 4.98 Å². The minimum absolute atomic E-state index is 0. The Morgan fingerprint density at radius 3 is 3.00 bits per heavy atom. The fraction of sp³-hybridized carbons (Fsp3) is 0.278. The topological polar surface area (TPSA) is 87.9 Å². The molecule has 9 heteroatoms. The molecule has 0 bridgehead atoms. The number of nitrogens with one attached hydrogen (secondary N) is 1. The number of anilines is 1. The number of rotatable bonds is 3. The number of aromatic amines is 1. The molecule has 5 heterocycles. The Morgan fingerprint density at radius 1 is 1.22 bits per heavy atom. The van der Waals surface area contributed by atoms with Crippen LogP contribution in [-0.4, -0.2) is 47.1 Å². The van der Waals surface area contributed by atoms with Crippen LogP contribution < -0.4 is 4.90 Å². The smallest absolute Gasteiger partial charge is 0.180 e. The van der Waals surface area contributed by atoms with Crippen molar-refractivity contribution < 1.29 is 0 Å². The molecule has 27 heavy (non-hydrogen) atoms. The summed E-state index contributed by atoms with van der Waals surface area (Å²) in [6.07, 6.45) is 14.8. The summed E-state index contributed by atoms with van der Waals surface area (Å²) in [5.74, 6) is 2.03. The summed E-state index contributed by atoms with van der Waals surface area (Å²) in [5.41, 5.74) is 2.83. The van der Waals surface area contributed by atoms with Crippen molar-refractivity contribution in [3.63, 3.8) is 0 Å². The third kappa shape index (κ3) is 2.53. The van der Waals surface area contributed by atoms with E-state index in [2.05, 4.69) is 43.2 Å². The van der Waals surface area contributed by atoms with Crippen molar-refractivity contribution in [3.05, 3.63) is 55.0 Å². The van der Waals surface area contributed by atoms with E-state index in [0.717, 1.165) is 30.1 Å². The van der Waals surface area contributed by atoms with Crippen LogP contribution in [0.15, 0.2) is 43.2 Å². The van der Waals surface area contributed by atoms with Gasteiger partial charge in [0.2, 0.25) is 0 Å². The molecule has 0 amide bonds. The quantitative estimate of drug-likeness (QED) is 0.365. The summed E-state index contributed by atoms with van der Waals surface area (Å²) in [4.78, 5) is 19.9. The molecule has 1 N–H and O–H groups in total. The Morgan fingerprint density at radius 2 is 2.15 bits per heavy atom. The molecule has 1 fully saturated rings. The van der Waals surface area contributed by atoms with Crippen molar-refractivity contribution >= 4 is 11.5 Å². The van der Waals surface area contributed by atoms with Crippen molar-refractivity contribution in [1.29, 1.82) is 0 Å². The van der Waals surface area contributed by atoms with Crippen molar-refractivity contribution in [3.8, 4) is 11.5 Å². The van der Waals surface area contributed by atoms with Crippen LogP contribution in [0.3, 0.4) is 0 Å². The van der Waals surface area contributed by atoms with Gasteiger partial charge in [-0.25, -0.2) is 9.97 Å². The van der Waals surface area contributed by atoms with Crippen molar-refractivity contribution in [2.45, 2.75) is 25.3 Å². The third-order valence-corrected chi connectivity index (χ3v) is 5.13. The van der Waals surface area contributed by atoms with Gasteiger partial charge in [-0.2, -0.15) is 5.10 Å². The van der Waals surface area contributed by atoms with Crippen LogP contribution in [0, 0.1) is 6.20 Å². The molecule has 0 aromatic carbocycles. The maximum Gasteiger partial charge on any atom is 0.180 e. The largest absolute Gasteiger partial charge is 0.454 e. The zero-order valence-corrected chi connectivity index (χ0v) is 17.2. The van der Waals surface area contributed by atoms with E-state index in [9.17, 15) is 0 Å². The first-order valence-electron chi connectivity index (χ1n) is 8.59. The van der Waals surface area contributed by atoms with E-state index in [1.165, 1.54) is 5.56 Å². The number of hydrogen-bond donors (Lipinski definition) is 1. The minimum atomic E-state index is 0. The molecule has 8 nitrogen and oxygen atoms in total. The Bertz CT molecular complexity index is 1040. The van der Waals surface area contributed by atoms with Gasteiger partial charge in [-0.05, 0) is 25.0 Å². The van der Waals surface area contributed by atoms with E-state index in [0.29, 0.717) is 17.8 Å². The Hall–Kier alpha value is -4.29. The summed E-state index contributed by atoms with van der Waals surface area (Å²) >= 11 is 0. The van der Waals surface area contributed by atoms with Crippen molar-refractivity contribution in [2.24, 2.45) is 0 Å². The van der Waals surface area contributed by atoms with Gasteiger partial charge in [-0.3, -0.25) is 10.1 Å². The van der Waals surface area contributed by atoms with E-state index in [1.54, 1.807) is 24.8 Å². The fourth-order valence-corrected chi connectivity index (χ4v) is 3.76. The molecule has 1 saturated heterocycles. The Kier molecular flexibility index (Phi) is 3.73. The second-order valence-electron chi connectivity index (χ2n) is 6.49. The van der Waals surface area contributed by atoms with Crippen LogP contribution in [0.25, 0.3) is 17.2 Å². The Labute approximate surface area is 150 Å². The predicted octanol–water partition coefficient (Wildman–Crippen LogP) is 2.09. The van der Waals surface area contributed by atoms with Gasteiger partial charge in [0.25, 0.3) is 0 Å². The maximum atomic E-state index is 4.81. The first-order valence-corrected chi connectivity index (χ1v) is 8.59. The minimum Gasteiger partial charge on any atom is -0.454 e. The summed E-state index contributed by atoms with van der Waals surface area (Å²) < 4.78 is 1.90. The molecule has 0 aliphatic carbocycles. The first kappa shape index (κ1) is 16.2. The number of H-pyrrole nitrogens is 1. The van der Waals surface area contributed by atoms with Crippen LogP contribution in [0.1, 0.15) is 24.8 Å². The molecule has 2 unspecified atom stereocenters. The second-order valence-corrected chi connectivity index (χ2v) is 6.49. The van der Waals surface area contributed by atoms with Crippen LogP contribution in [0.4, 0.5) is 5.82 Å². The average Bonchev–Trinajstić information content (AvgIpc) is 3.41. The molecule has 2 atom stereocenters. The van der Waals surface area contributed by atoms with Gasteiger partial charge in [-0.15, -0.1) is 6.20 Å². The van der Waals surface area contributed by atoms with E-state index < -0.39 is 0 Å². The maximum absolute atomic E-state index is 4.81. The summed E-state index contributed by atoms with van der Waals surface area (Å²) in [6.45, 7) is 3.19. The van der Waals surface area contributed by atoms with Crippen LogP contribution in [-0.2, 0) is 0 Å². The second kappa shape index (κ2) is 6.21. The number of nitrogens with zero attached hydrogens (tertiary/aromatic N) is 7. The van der Waals surface area contributed by atoms with Gasteiger partial charge in [0.1, 0.15) is 11.5 Å². The number of aromatic nitrogens is 7. The molecule has 1 aliphatic heterocycles. The van der Waals surface area contributed by atoms with Gasteiger partial charge in [0, 0.05) is 30.9 Å². The molecule has 140 valence electrons. The summed E-state index contributed by atoms with van der Waals surface area (Å²) in [6, 6.07) is 2.31. The van der Waals surface area contributed by atoms with Crippen molar-refractivity contribution in [2.75, 3.05) is 11.4 Å². The van der Waals surface area contributed by atoms with Crippen molar-refractivity contribution in [1.82, 2.24) is 34.5 Å². The molecule has 4 aromatic rings. The standard InChI is InChI=1S/C18H17N8.Cf/c1-12-14(13-8-22-23-9-13)3-6-25(12)16-2-4-20-18(24-16)15-10-21-17-11-19-5-7-26(15)17;/h2,4,7-12,14H,3,6H2,1H3,(H,22,23);/q-1;. The van der Waals surface area contributed by atoms with Gasteiger partial charge in [0.05, 0.1) is 18.0 Å². The molecule has 0 spiro atoms. The number of hydrogen-bond acceptors (Lipinski definition) is 6. The van der Waals surface area contributed by atoms with Crippen LogP contribution in [0.2, 0.25) is 0 Å². The SMILES string of the molecule is CC1C(c2cn[nH]c2)CCN1c1ccnc(-c2cnc3cn[c-]cn23)n1.[Cf].